The van der Waals surface area contributed by atoms with E-state index in [0.29, 0.717) is 28.2 Å². The number of nitrogens with one attached hydrogen (secondary N) is 1. The van der Waals surface area contributed by atoms with Gasteiger partial charge >= 0.3 is 0 Å². The van der Waals surface area contributed by atoms with Crippen molar-refractivity contribution in [3.8, 4) is 0 Å². The molecule has 8 heteroatoms. The summed E-state index contributed by atoms with van der Waals surface area (Å²) in [5, 5.41) is 4.55. The second-order valence-corrected chi connectivity index (χ2v) is 7.28. The number of thiocarbonyl (C=S) groups is 1. The highest BCUT2D eigenvalue weighted by atomic mass is 35.5. The van der Waals surface area contributed by atoms with Gasteiger partial charge in [0.2, 0.25) is 0 Å². The molecule has 1 saturated heterocycles. The zero-order valence-electron chi connectivity index (χ0n) is 13.8. The van der Waals surface area contributed by atoms with Crippen LogP contribution in [0.3, 0.4) is 0 Å². The van der Waals surface area contributed by atoms with Gasteiger partial charge in [-0.2, -0.15) is 0 Å². The summed E-state index contributed by atoms with van der Waals surface area (Å²) in [6, 6.07) is 8.87. The van der Waals surface area contributed by atoms with Crippen LogP contribution < -0.4 is 5.32 Å². The molecule has 0 amide bonds. The topological polar surface area (TPSA) is 18.5 Å². The maximum Gasteiger partial charge on any atom is 0.173 e. The molecule has 0 saturated carbocycles. The van der Waals surface area contributed by atoms with Gasteiger partial charge < -0.3 is 10.2 Å². The summed E-state index contributed by atoms with van der Waals surface area (Å²) in [5.74, 6) is -1.28. The summed E-state index contributed by atoms with van der Waals surface area (Å²) >= 11 is 17.5. The quantitative estimate of drug-likeness (QED) is 0.726. The van der Waals surface area contributed by atoms with Crippen molar-refractivity contribution >= 4 is 46.2 Å². The van der Waals surface area contributed by atoms with Crippen molar-refractivity contribution < 1.29 is 8.78 Å². The van der Waals surface area contributed by atoms with Gasteiger partial charge in [0.05, 0.1) is 5.69 Å². The number of benzene rings is 2. The highest BCUT2D eigenvalue weighted by Gasteiger charge is 2.20. The van der Waals surface area contributed by atoms with Gasteiger partial charge in [0.25, 0.3) is 0 Å². The molecule has 2 aromatic rings. The zero-order chi connectivity index (χ0) is 18.7. The number of halogens is 4. The van der Waals surface area contributed by atoms with Gasteiger partial charge in [-0.1, -0.05) is 29.3 Å². The Hall–Kier alpha value is -1.47. The number of hydrogen-bond donors (Lipinski definition) is 1. The third-order valence-corrected chi connectivity index (χ3v) is 5.19. The zero-order valence-corrected chi connectivity index (χ0v) is 16.1. The molecule has 0 aliphatic carbocycles. The average molecular weight is 416 g/mol. The van der Waals surface area contributed by atoms with E-state index in [-0.39, 0.29) is 5.69 Å². The largest absolute Gasteiger partial charge is 0.346 e. The van der Waals surface area contributed by atoms with Crippen LogP contribution in [-0.4, -0.2) is 41.1 Å². The minimum atomic E-state index is -0.664. The van der Waals surface area contributed by atoms with Crippen molar-refractivity contribution in [3.63, 3.8) is 0 Å². The van der Waals surface area contributed by atoms with Crippen LogP contribution in [-0.2, 0) is 6.54 Å². The second-order valence-electron chi connectivity index (χ2n) is 6.05. The first-order chi connectivity index (χ1) is 12.4. The van der Waals surface area contributed by atoms with Gasteiger partial charge in [-0.05, 0) is 42.0 Å². The van der Waals surface area contributed by atoms with Gasteiger partial charge in [-0.25, -0.2) is 8.78 Å². The molecule has 26 heavy (non-hydrogen) atoms. The Morgan fingerprint density at radius 1 is 1.04 bits per heavy atom. The molecule has 2 aromatic carbocycles. The lowest BCUT2D eigenvalue weighted by Crippen LogP contribution is -2.49. The smallest absolute Gasteiger partial charge is 0.173 e. The minimum Gasteiger partial charge on any atom is -0.346 e. The highest BCUT2D eigenvalue weighted by molar-refractivity contribution is 7.80. The number of piperazine rings is 1. The Kier molecular flexibility index (Phi) is 6.29. The molecule has 138 valence electrons. The lowest BCUT2D eigenvalue weighted by molar-refractivity contribution is 0.177. The first kappa shape index (κ1) is 19.3. The Bertz CT molecular complexity index is 811. The van der Waals surface area contributed by atoms with Crippen molar-refractivity contribution in [1.29, 1.82) is 0 Å². The Morgan fingerprint density at radius 2 is 1.77 bits per heavy atom. The number of rotatable bonds is 3. The summed E-state index contributed by atoms with van der Waals surface area (Å²) in [7, 11) is 0. The minimum absolute atomic E-state index is 0.173. The fraction of sp³-hybridized carbons (Fsp3) is 0.278. The molecule has 0 spiro atoms. The van der Waals surface area contributed by atoms with Crippen LogP contribution in [0.15, 0.2) is 36.4 Å². The molecule has 3 nitrogen and oxygen atoms in total. The summed E-state index contributed by atoms with van der Waals surface area (Å²) < 4.78 is 26.7. The van der Waals surface area contributed by atoms with E-state index < -0.39 is 11.6 Å². The van der Waals surface area contributed by atoms with E-state index >= 15 is 0 Å². The van der Waals surface area contributed by atoms with Crippen LogP contribution in [0, 0.1) is 11.6 Å². The van der Waals surface area contributed by atoms with E-state index in [4.69, 9.17) is 35.4 Å². The van der Waals surface area contributed by atoms with Gasteiger partial charge in [0.1, 0.15) is 11.6 Å². The molecule has 0 bridgehead atoms. The molecule has 0 aromatic heterocycles. The molecule has 1 aliphatic heterocycles. The number of nitrogens with zero attached hydrogens (tertiary/aromatic N) is 2. The maximum atomic E-state index is 13.7. The van der Waals surface area contributed by atoms with Crippen LogP contribution in [0.25, 0.3) is 0 Å². The maximum absolute atomic E-state index is 13.7. The molecule has 3 rings (SSSR count). The van der Waals surface area contributed by atoms with Crippen molar-refractivity contribution in [2.24, 2.45) is 0 Å². The molecule has 0 unspecified atom stereocenters. The summed E-state index contributed by atoms with van der Waals surface area (Å²) in [4.78, 5) is 4.24. The molecule has 1 heterocycles. The van der Waals surface area contributed by atoms with Crippen molar-refractivity contribution in [1.82, 2.24) is 9.80 Å². The molecular weight excluding hydrogens is 399 g/mol. The average Bonchev–Trinajstić information content (AvgIpc) is 2.60. The van der Waals surface area contributed by atoms with Crippen LogP contribution in [0.5, 0.6) is 0 Å². The van der Waals surface area contributed by atoms with Gasteiger partial charge in [0, 0.05) is 48.8 Å². The second kappa shape index (κ2) is 8.48. The van der Waals surface area contributed by atoms with E-state index in [1.54, 1.807) is 6.07 Å². The van der Waals surface area contributed by atoms with E-state index in [9.17, 15) is 8.78 Å². The fourth-order valence-corrected chi connectivity index (χ4v) is 3.55. The Morgan fingerprint density at radius 3 is 2.42 bits per heavy atom. The lowest BCUT2D eigenvalue weighted by Gasteiger charge is -2.36. The van der Waals surface area contributed by atoms with Crippen LogP contribution in [0.4, 0.5) is 14.5 Å². The third-order valence-electron chi connectivity index (χ3n) is 4.24. The summed E-state index contributed by atoms with van der Waals surface area (Å²) in [5.41, 5.74) is 1.20. The predicted octanol–water partition coefficient (Wildman–Crippen LogP) is 4.79. The standard InChI is InChI=1S/C18H17Cl2F2N3S/c19-13-2-1-12(15(20)9-13)11-24-5-7-25(8-6-24)18(26)23-17-4-3-14(21)10-16(17)22/h1-4,9-10H,5-8,11H2,(H,23,26). The predicted molar refractivity (Wildman–Crippen MR) is 106 cm³/mol. The molecule has 1 aliphatic rings. The van der Waals surface area contributed by atoms with E-state index in [0.717, 1.165) is 31.3 Å². The van der Waals surface area contributed by atoms with Crippen LogP contribution >= 0.6 is 35.4 Å². The monoisotopic (exact) mass is 415 g/mol. The molecule has 0 atom stereocenters. The Labute approximate surface area is 166 Å². The van der Waals surface area contributed by atoms with Crippen LogP contribution in [0.2, 0.25) is 10.0 Å². The van der Waals surface area contributed by atoms with E-state index in [1.807, 2.05) is 17.0 Å². The van der Waals surface area contributed by atoms with Crippen LogP contribution in [0.1, 0.15) is 5.56 Å². The number of hydrogen-bond acceptors (Lipinski definition) is 2. The first-order valence-electron chi connectivity index (χ1n) is 8.09. The molecular formula is C18H17Cl2F2N3S. The Balaban J connectivity index is 1.53. The lowest BCUT2D eigenvalue weighted by atomic mass is 10.2. The number of anilines is 1. The third kappa shape index (κ3) is 4.82. The van der Waals surface area contributed by atoms with Crippen molar-refractivity contribution in [2.45, 2.75) is 6.54 Å². The van der Waals surface area contributed by atoms with Gasteiger partial charge in [-0.15, -0.1) is 0 Å². The van der Waals surface area contributed by atoms with Gasteiger partial charge in [0.15, 0.2) is 5.11 Å². The summed E-state index contributed by atoms with van der Waals surface area (Å²) in [6.07, 6.45) is 0. The van der Waals surface area contributed by atoms with Crippen molar-refractivity contribution in [2.75, 3.05) is 31.5 Å². The SMILES string of the molecule is Fc1ccc(NC(=S)N2CCN(Cc3ccc(Cl)cc3Cl)CC2)c(F)c1. The van der Waals surface area contributed by atoms with Gasteiger partial charge in [-0.3, -0.25) is 4.90 Å². The first-order valence-corrected chi connectivity index (χ1v) is 9.26. The molecule has 1 fully saturated rings. The highest BCUT2D eigenvalue weighted by Crippen LogP contribution is 2.23. The normalized spacial score (nSPS) is 15.2. The molecule has 0 radical (unpaired) electrons. The summed E-state index contributed by atoms with van der Waals surface area (Å²) in [6.45, 7) is 3.75. The van der Waals surface area contributed by atoms with E-state index in [2.05, 4.69) is 10.2 Å². The molecule has 1 N–H and O–H groups in total. The van der Waals surface area contributed by atoms with E-state index in [1.165, 1.54) is 12.1 Å². The fourth-order valence-electron chi connectivity index (χ4n) is 2.79. The van der Waals surface area contributed by atoms with Crippen molar-refractivity contribution in [3.05, 3.63) is 63.6 Å².